The summed E-state index contributed by atoms with van der Waals surface area (Å²) in [5.74, 6) is -0.792. The van der Waals surface area contributed by atoms with Crippen LogP contribution < -0.4 is 10.2 Å². The van der Waals surface area contributed by atoms with Gasteiger partial charge in [0, 0.05) is 36.0 Å². The Labute approximate surface area is 185 Å². The van der Waals surface area contributed by atoms with Gasteiger partial charge >= 0.3 is 0 Å². The predicted octanol–water partition coefficient (Wildman–Crippen LogP) is 6.45. The van der Waals surface area contributed by atoms with E-state index in [4.69, 9.17) is 0 Å². The summed E-state index contributed by atoms with van der Waals surface area (Å²) in [4.78, 5) is 14.8. The van der Waals surface area contributed by atoms with Crippen molar-refractivity contribution in [3.8, 4) is 11.1 Å². The summed E-state index contributed by atoms with van der Waals surface area (Å²) in [6.07, 6.45) is 8.81. The average Bonchev–Trinajstić information content (AvgIpc) is 3.60. The molecule has 0 aliphatic heterocycles. The van der Waals surface area contributed by atoms with Crippen LogP contribution in [0.4, 0.5) is 10.1 Å². The Balaban J connectivity index is 1.64. The second kappa shape index (κ2) is 9.78. The van der Waals surface area contributed by atoms with E-state index in [-0.39, 0.29) is 12.5 Å². The minimum atomic E-state index is -0.547. The van der Waals surface area contributed by atoms with Crippen LogP contribution in [0.3, 0.4) is 0 Å². The fourth-order valence-corrected chi connectivity index (χ4v) is 3.77. The molecule has 1 saturated carbocycles. The number of carbonyl (C=O) groups excluding carboxylic acids is 1. The third-order valence-corrected chi connectivity index (χ3v) is 6.21. The van der Waals surface area contributed by atoms with Crippen molar-refractivity contribution in [2.45, 2.75) is 38.6 Å². The van der Waals surface area contributed by atoms with Gasteiger partial charge in [-0.3, -0.25) is 4.79 Å². The maximum absolute atomic E-state index is 13.5. The number of nitrogens with one attached hydrogen (secondary N) is 1. The van der Waals surface area contributed by atoms with Crippen molar-refractivity contribution in [2.75, 3.05) is 18.5 Å². The Morgan fingerprint density at radius 1 is 1.13 bits per heavy atom. The van der Waals surface area contributed by atoms with Crippen molar-refractivity contribution in [1.29, 1.82) is 0 Å². The van der Waals surface area contributed by atoms with Gasteiger partial charge < -0.3 is 10.2 Å². The molecule has 0 radical (unpaired) electrons. The lowest BCUT2D eigenvalue weighted by molar-refractivity contribution is 0.0957. The van der Waals surface area contributed by atoms with Crippen LogP contribution in [0.1, 0.15) is 43.5 Å². The molecule has 0 heterocycles. The number of carbonyl (C=O) groups is 1. The normalized spacial score (nSPS) is 15.0. The van der Waals surface area contributed by atoms with E-state index in [0.717, 1.165) is 11.1 Å². The van der Waals surface area contributed by atoms with Crippen molar-refractivity contribution in [2.24, 2.45) is 0 Å². The third kappa shape index (κ3) is 5.32. The number of amides is 1. The van der Waals surface area contributed by atoms with E-state index in [1.807, 2.05) is 19.1 Å². The van der Waals surface area contributed by atoms with Gasteiger partial charge in [-0.05, 0) is 61.6 Å². The highest BCUT2D eigenvalue weighted by Crippen LogP contribution is 2.45. The summed E-state index contributed by atoms with van der Waals surface area (Å²) in [7, 11) is 2.18. The van der Waals surface area contributed by atoms with Gasteiger partial charge in [0.05, 0.1) is 0 Å². The zero-order valence-corrected chi connectivity index (χ0v) is 18.6. The van der Waals surface area contributed by atoms with E-state index in [1.54, 1.807) is 30.4 Å². The molecule has 2 aromatic carbocycles. The van der Waals surface area contributed by atoms with Gasteiger partial charge in [-0.15, -0.1) is 0 Å². The third-order valence-electron chi connectivity index (χ3n) is 6.21. The number of allylic oxidation sites excluding steroid dienone is 3. The molecule has 31 heavy (non-hydrogen) atoms. The van der Waals surface area contributed by atoms with Crippen molar-refractivity contribution >= 4 is 11.6 Å². The van der Waals surface area contributed by atoms with Crippen LogP contribution in [-0.4, -0.2) is 25.0 Å². The number of hydrogen-bond donors (Lipinski definition) is 1. The monoisotopic (exact) mass is 418 g/mol. The van der Waals surface area contributed by atoms with Gasteiger partial charge in [0.2, 0.25) is 0 Å². The van der Waals surface area contributed by atoms with Crippen molar-refractivity contribution in [1.82, 2.24) is 5.32 Å². The highest BCUT2D eigenvalue weighted by molar-refractivity contribution is 5.94. The van der Waals surface area contributed by atoms with E-state index >= 15 is 0 Å². The summed E-state index contributed by atoms with van der Waals surface area (Å²) in [5, 5.41) is 2.75. The van der Waals surface area contributed by atoms with E-state index in [9.17, 15) is 9.18 Å². The molecule has 0 bridgehead atoms. The largest absolute Gasteiger partial charge is 0.369 e. The molecule has 3 nitrogen and oxygen atoms in total. The first-order valence-corrected chi connectivity index (χ1v) is 10.8. The molecule has 0 spiro atoms. The van der Waals surface area contributed by atoms with Crippen molar-refractivity contribution in [3.63, 3.8) is 0 Å². The van der Waals surface area contributed by atoms with Crippen LogP contribution in [0.25, 0.3) is 11.1 Å². The number of halogens is 1. The Bertz CT molecular complexity index is 983. The average molecular weight is 419 g/mol. The van der Waals surface area contributed by atoms with Crippen LogP contribution >= 0.6 is 0 Å². The Morgan fingerprint density at radius 3 is 2.19 bits per heavy atom. The minimum absolute atomic E-state index is 0.0918. The molecule has 0 saturated heterocycles. The van der Waals surface area contributed by atoms with Crippen molar-refractivity contribution in [3.05, 3.63) is 90.3 Å². The second-order valence-electron chi connectivity index (χ2n) is 8.07. The van der Waals surface area contributed by atoms with Gasteiger partial charge in [0.1, 0.15) is 5.83 Å². The molecule has 1 aliphatic rings. The fourth-order valence-electron chi connectivity index (χ4n) is 3.77. The van der Waals surface area contributed by atoms with Crippen LogP contribution in [0.15, 0.2) is 84.7 Å². The van der Waals surface area contributed by atoms with Crippen molar-refractivity contribution < 1.29 is 9.18 Å². The topological polar surface area (TPSA) is 32.3 Å². The van der Waals surface area contributed by atoms with Gasteiger partial charge in [0.25, 0.3) is 5.91 Å². The maximum Gasteiger partial charge on any atom is 0.251 e. The first kappa shape index (κ1) is 22.5. The standard InChI is InChI=1S/C27H31FN2O/c1-5-7-8-24(20(3)28)19-29-26(31)23-11-9-21(10-12-23)22-13-15-25(16-14-22)30(4)27(6-2)17-18-27/h5,7-16H,3,6,17-19H2,1-2,4H3,(H,29,31)/b7-5-,24-8-. The second-order valence-corrected chi connectivity index (χ2v) is 8.07. The maximum atomic E-state index is 13.5. The first-order chi connectivity index (χ1) is 14.9. The molecule has 1 N–H and O–H groups in total. The highest BCUT2D eigenvalue weighted by Gasteiger charge is 2.44. The summed E-state index contributed by atoms with van der Waals surface area (Å²) in [5.41, 5.74) is 4.62. The predicted molar refractivity (Wildman–Crippen MR) is 128 cm³/mol. The summed E-state index contributed by atoms with van der Waals surface area (Å²) < 4.78 is 13.5. The Kier molecular flexibility index (Phi) is 7.11. The number of anilines is 1. The van der Waals surface area contributed by atoms with Gasteiger partial charge in [0.15, 0.2) is 0 Å². The molecule has 3 rings (SSSR count). The summed E-state index contributed by atoms with van der Waals surface area (Å²) >= 11 is 0. The molecule has 0 atom stereocenters. The zero-order valence-electron chi connectivity index (χ0n) is 18.6. The minimum Gasteiger partial charge on any atom is -0.369 e. The fraction of sp³-hybridized carbons (Fsp3) is 0.296. The number of nitrogens with zero attached hydrogens (tertiary/aromatic N) is 1. The Morgan fingerprint density at radius 2 is 1.71 bits per heavy atom. The smallest absolute Gasteiger partial charge is 0.251 e. The lowest BCUT2D eigenvalue weighted by Crippen LogP contribution is -2.32. The van der Waals surface area contributed by atoms with Gasteiger partial charge in [-0.25, -0.2) is 4.39 Å². The summed E-state index contributed by atoms with van der Waals surface area (Å²) in [6, 6.07) is 16.0. The van der Waals surface area contributed by atoms with Crippen LogP contribution in [0.2, 0.25) is 0 Å². The number of hydrogen-bond acceptors (Lipinski definition) is 2. The molecule has 2 aromatic rings. The molecule has 1 aliphatic carbocycles. The lowest BCUT2D eigenvalue weighted by Gasteiger charge is -2.29. The highest BCUT2D eigenvalue weighted by atomic mass is 19.1. The van der Waals surface area contributed by atoms with Gasteiger partial charge in [-0.1, -0.05) is 56.0 Å². The molecule has 1 amide bonds. The Hall–Kier alpha value is -3.14. The SMILES string of the molecule is C=C(F)/C(=C\C=C/C)CNC(=O)c1ccc(-c2ccc(N(C)C3(CC)CC3)cc2)cc1. The first-order valence-electron chi connectivity index (χ1n) is 10.8. The van der Waals surface area contributed by atoms with Crippen LogP contribution in [0, 0.1) is 0 Å². The van der Waals surface area contributed by atoms with Crippen LogP contribution in [-0.2, 0) is 0 Å². The molecule has 0 aromatic heterocycles. The van der Waals surface area contributed by atoms with Crippen LogP contribution in [0.5, 0.6) is 0 Å². The molecule has 0 unspecified atom stereocenters. The number of benzene rings is 2. The lowest BCUT2D eigenvalue weighted by atomic mass is 10.0. The van der Waals surface area contributed by atoms with Gasteiger partial charge in [-0.2, -0.15) is 0 Å². The van der Waals surface area contributed by atoms with E-state index in [1.165, 1.54) is 24.9 Å². The summed E-state index contributed by atoms with van der Waals surface area (Å²) in [6.45, 7) is 7.51. The van der Waals surface area contributed by atoms with E-state index in [0.29, 0.717) is 16.7 Å². The van der Waals surface area contributed by atoms with E-state index in [2.05, 4.69) is 55.0 Å². The zero-order chi connectivity index (χ0) is 22.4. The quantitative estimate of drug-likeness (QED) is 0.475. The van der Waals surface area contributed by atoms with E-state index < -0.39 is 5.83 Å². The molecular weight excluding hydrogens is 387 g/mol. The molecule has 1 fully saturated rings. The molecular formula is C27H31FN2O. The number of rotatable bonds is 9. The molecule has 162 valence electrons. The molecule has 4 heteroatoms.